The van der Waals surface area contributed by atoms with Gasteiger partial charge in [0.1, 0.15) is 0 Å². The summed E-state index contributed by atoms with van der Waals surface area (Å²) >= 11 is 1.21. The summed E-state index contributed by atoms with van der Waals surface area (Å²) in [5.41, 5.74) is 4.90. The van der Waals surface area contributed by atoms with E-state index in [9.17, 15) is 9.59 Å². The Balaban J connectivity index is 1.51. The molecule has 0 fully saturated rings. The van der Waals surface area contributed by atoms with E-state index in [1.165, 1.54) is 17.3 Å². The number of hydrogen-bond donors (Lipinski definition) is 2. The molecule has 0 atom stereocenters. The summed E-state index contributed by atoms with van der Waals surface area (Å²) in [4.78, 5) is 24.4. The number of nitrogens with one attached hydrogen (secondary N) is 2. The lowest BCUT2D eigenvalue weighted by molar-refractivity contribution is -0.122. The van der Waals surface area contributed by atoms with Gasteiger partial charge >= 0.3 is 0 Å². The number of aromatic nitrogens is 4. The molecule has 0 radical (unpaired) electrons. The van der Waals surface area contributed by atoms with E-state index >= 15 is 0 Å². The number of aryl methyl sites for hydroxylation is 1. The van der Waals surface area contributed by atoms with Crippen molar-refractivity contribution >= 4 is 29.3 Å². The fraction of sp³-hybridized carbons (Fsp3) is 0.318. The highest BCUT2D eigenvalue weighted by Gasteiger charge is 2.13. The SMILES string of the molecule is Cc1cccc(NC(=O)CNC(=O)CSc2nnnn2-c2ccc(C(C)C)cc2)c1C. The van der Waals surface area contributed by atoms with Gasteiger partial charge in [0, 0.05) is 5.69 Å². The van der Waals surface area contributed by atoms with Gasteiger partial charge in [0.05, 0.1) is 18.0 Å². The Kier molecular flexibility index (Phi) is 7.41. The fourth-order valence-electron chi connectivity index (χ4n) is 2.87. The van der Waals surface area contributed by atoms with E-state index < -0.39 is 0 Å². The van der Waals surface area contributed by atoms with Gasteiger partial charge < -0.3 is 10.6 Å². The summed E-state index contributed by atoms with van der Waals surface area (Å²) < 4.78 is 1.59. The summed E-state index contributed by atoms with van der Waals surface area (Å²) in [5.74, 6) is -0.0123. The maximum atomic E-state index is 12.2. The Morgan fingerprint density at radius 2 is 1.81 bits per heavy atom. The number of amides is 2. The lowest BCUT2D eigenvalue weighted by atomic mass is 10.0. The van der Waals surface area contributed by atoms with Crippen LogP contribution >= 0.6 is 11.8 Å². The predicted octanol–water partition coefficient (Wildman–Crippen LogP) is 3.25. The number of thioether (sulfide) groups is 1. The molecule has 2 amide bonds. The number of rotatable bonds is 8. The summed E-state index contributed by atoms with van der Waals surface area (Å²) in [7, 11) is 0. The van der Waals surface area contributed by atoms with Crippen molar-refractivity contribution in [1.82, 2.24) is 25.5 Å². The molecule has 0 saturated heterocycles. The van der Waals surface area contributed by atoms with Crippen molar-refractivity contribution in [2.75, 3.05) is 17.6 Å². The van der Waals surface area contributed by atoms with Crippen LogP contribution in [-0.2, 0) is 9.59 Å². The van der Waals surface area contributed by atoms with E-state index in [2.05, 4.69) is 40.0 Å². The van der Waals surface area contributed by atoms with Gasteiger partial charge in [-0.25, -0.2) is 0 Å². The van der Waals surface area contributed by atoms with Crippen LogP contribution in [0.15, 0.2) is 47.6 Å². The number of benzene rings is 2. The monoisotopic (exact) mass is 438 g/mol. The van der Waals surface area contributed by atoms with Crippen molar-refractivity contribution in [3.05, 3.63) is 59.2 Å². The fourth-order valence-corrected chi connectivity index (χ4v) is 3.59. The van der Waals surface area contributed by atoms with Gasteiger partial charge in [-0.15, -0.1) is 5.10 Å². The van der Waals surface area contributed by atoms with Gasteiger partial charge in [0.15, 0.2) is 0 Å². The molecule has 1 aromatic heterocycles. The molecule has 162 valence electrons. The lowest BCUT2D eigenvalue weighted by Crippen LogP contribution is -2.34. The van der Waals surface area contributed by atoms with Crippen LogP contribution in [0.3, 0.4) is 0 Å². The first-order valence-corrected chi connectivity index (χ1v) is 11.0. The maximum Gasteiger partial charge on any atom is 0.243 e. The molecule has 1 heterocycles. The molecule has 31 heavy (non-hydrogen) atoms. The van der Waals surface area contributed by atoms with E-state index in [0.717, 1.165) is 22.5 Å². The van der Waals surface area contributed by atoms with Crippen LogP contribution in [0.4, 0.5) is 5.69 Å². The van der Waals surface area contributed by atoms with Gasteiger partial charge in [-0.1, -0.05) is 49.9 Å². The highest BCUT2D eigenvalue weighted by molar-refractivity contribution is 7.99. The van der Waals surface area contributed by atoms with Crippen molar-refractivity contribution in [1.29, 1.82) is 0 Å². The third-order valence-corrected chi connectivity index (χ3v) is 5.82. The molecule has 0 bridgehead atoms. The van der Waals surface area contributed by atoms with Gasteiger partial charge in [-0.05, 0) is 65.1 Å². The van der Waals surface area contributed by atoms with E-state index in [0.29, 0.717) is 11.1 Å². The van der Waals surface area contributed by atoms with Gasteiger partial charge in [0.2, 0.25) is 17.0 Å². The number of nitrogens with zero attached hydrogens (tertiary/aromatic N) is 4. The highest BCUT2D eigenvalue weighted by Crippen LogP contribution is 2.21. The van der Waals surface area contributed by atoms with Crippen LogP contribution in [0, 0.1) is 13.8 Å². The summed E-state index contributed by atoms with van der Waals surface area (Å²) in [5, 5.41) is 17.7. The average Bonchev–Trinajstić information content (AvgIpc) is 3.23. The third-order valence-electron chi connectivity index (χ3n) is 4.90. The maximum absolute atomic E-state index is 12.2. The molecule has 2 aromatic carbocycles. The van der Waals surface area contributed by atoms with Crippen molar-refractivity contribution in [2.24, 2.45) is 0 Å². The van der Waals surface area contributed by atoms with Crippen LogP contribution in [0.2, 0.25) is 0 Å². The van der Waals surface area contributed by atoms with Crippen molar-refractivity contribution in [2.45, 2.75) is 38.8 Å². The molecule has 0 saturated carbocycles. The van der Waals surface area contributed by atoms with Crippen molar-refractivity contribution in [3.63, 3.8) is 0 Å². The van der Waals surface area contributed by atoms with E-state index in [1.807, 2.05) is 56.3 Å². The molecule has 8 nitrogen and oxygen atoms in total. The van der Waals surface area contributed by atoms with Gasteiger partial charge in [-0.2, -0.15) is 4.68 Å². The minimum absolute atomic E-state index is 0.0984. The predicted molar refractivity (Wildman–Crippen MR) is 122 cm³/mol. The molecular formula is C22H26N6O2S. The van der Waals surface area contributed by atoms with Crippen LogP contribution in [0.1, 0.15) is 36.5 Å². The first-order valence-electron chi connectivity index (χ1n) is 9.99. The number of carbonyl (C=O) groups is 2. The van der Waals surface area contributed by atoms with Crippen LogP contribution in [0.25, 0.3) is 5.69 Å². The van der Waals surface area contributed by atoms with Crippen molar-refractivity contribution < 1.29 is 9.59 Å². The first-order chi connectivity index (χ1) is 14.8. The zero-order chi connectivity index (χ0) is 22.4. The summed E-state index contributed by atoms with van der Waals surface area (Å²) in [6.45, 7) is 8.09. The quantitative estimate of drug-likeness (QED) is 0.524. The normalized spacial score (nSPS) is 10.9. The minimum Gasteiger partial charge on any atom is -0.346 e. The molecule has 0 spiro atoms. The molecule has 3 rings (SSSR count). The Hall–Kier alpha value is -3.20. The zero-order valence-corrected chi connectivity index (χ0v) is 18.9. The summed E-state index contributed by atoms with van der Waals surface area (Å²) in [6, 6.07) is 13.7. The molecule has 2 N–H and O–H groups in total. The molecule has 0 aliphatic heterocycles. The van der Waals surface area contributed by atoms with E-state index in [-0.39, 0.29) is 24.1 Å². The topological polar surface area (TPSA) is 102 Å². The summed E-state index contributed by atoms with van der Waals surface area (Å²) in [6.07, 6.45) is 0. The second-order valence-corrected chi connectivity index (χ2v) is 8.42. The molecule has 0 unspecified atom stereocenters. The zero-order valence-electron chi connectivity index (χ0n) is 18.0. The van der Waals surface area contributed by atoms with Crippen LogP contribution < -0.4 is 10.6 Å². The van der Waals surface area contributed by atoms with Crippen molar-refractivity contribution in [3.8, 4) is 5.69 Å². The first kappa shape index (κ1) is 22.5. The number of tetrazole rings is 1. The van der Waals surface area contributed by atoms with E-state index in [1.54, 1.807) is 4.68 Å². The Morgan fingerprint density at radius 1 is 1.06 bits per heavy atom. The Labute approximate surface area is 185 Å². The van der Waals surface area contributed by atoms with Gasteiger partial charge in [-0.3, -0.25) is 9.59 Å². The second kappa shape index (κ2) is 10.2. The lowest BCUT2D eigenvalue weighted by Gasteiger charge is -2.11. The minimum atomic E-state index is -0.276. The standard InChI is InChI=1S/C22H26N6O2S/c1-14(2)17-8-10-18(11-9-17)28-22(25-26-27-28)31-13-21(30)23-12-20(29)24-19-7-5-6-15(3)16(19)4/h5-11,14H,12-13H2,1-4H3,(H,23,30)(H,24,29). The number of carbonyl (C=O) groups excluding carboxylic acids is 2. The van der Waals surface area contributed by atoms with E-state index in [4.69, 9.17) is 0 Å². The van der Waals surface area contributed by atoms with Gasteiger partial charge in [0.25, 0.3) is 0 Å². The molecule has 9 heteroatoms. The largest absolute Gasteiger partial charge is 0.346 e. The molecular weight excluding hydrogens is 412 g/mol. The smallest absolute Gasteiger partial charge is 0.243 e. The molecule has 0 aliphatic rings. The Bertz CT molecular complexity index is 1060. The third kappa shape index (κ3) is 5.91. The molecule has 0 aliphatic carbocycles. The second-order valence-electron chi connectivity index (χ2n) is 7.48. The number of hydrogen-bond acceptors (Lipinski definition) is 6. The van der Waals surface area contributed by atoms with Crippen LogP contribution in [0.5, 0.6) is 0 Å². The highest BCUT2D eigenvalue weighted by atomic mass is 32.2. The Morgan fingerprint density at radius 3 is 2.52 bits per heavy atom. The average molecular weight is 439 g/mol. The van der Waals surface area contributed by atoms with Crippen LogP contribution in [-0.4, -0.2) is 44.3 Å². The molecule has 3 aromatic rings. The number of anilines is 1.